The molecule has 14 nitrogen and oxygen atoms in total. The van der Waals surface area contributed by atoms with E-state index in [-0.39, 0.29) is 69.9 Å². The molecule has 0 aliphatic heterocycles. The van der Waals surface area contributed by atoms with Crippen LogP contribution in [-0.2, 0) is 38.5 Å². The number of anilines is 2. The summed E-state index contributed by atoms with van der Waals surface area (Å²) in [5.41, 5.74) is 6.47. The average Bonchev–Trinajstić information content (AvgIpc) is 2.75. The summed E-state index contributed by atoms with van der Waals surface area (Å²) in [7, 11) is 0. The van der Waals surface area contributed by atoms with Crippen molar-refractivity contribution in [3.05, 3.63) is 52.1 Å². The molecule has 2 aromatic heterocycles. The van der Waals surface area contributed by atoms with E-state index in [9.17, 15) is 19.2 Å². The van der Waals surface area contributed by atoms with E-state index in [0.717, 1.165) is 0 Å². The Labute approximate surface area is 206 Å². The third kappa shape index (κ3) is 7.35. The third-order valence-electron chi connectivity index (χ3n) is 4.36. The summed E-state index contributed by atoms with van der Waals surface area (Å²) in [5.74, 6) is -3.16. The van der Waals surface area contributed by atoms with Crippen molar-refractivity contribution in [2.45, 2.75) is 25.4 Å². The topological polar surface area (TPSA) is 245 Å². The number of nitrogens with two attached hydrogens (primary N) is 1. The van der Waals surface area contributed by atoms with E-state index in [4.69, 9.17) is 15.9 Å². The first-order chi connectivity index (χ1) is 15.2. The number of carboxylic acids is 2. The van der Waals surface area contributed by atoms with Gasteiger partial charge in [0.2, 0.25) is 5.95 Å². The number of hydrogen-bond donors (Lipinski definition) is 6. The van der Waals surface area contributed by atoms with Gasteiger partial charge in [0, 0.05) is 40.1 Å². The van der Waals surface area contributed by atoms with Crippen LogP contribution >= 0.6 is 0 Å². The number of nitrogens with zero attached hydrogens (tertiary/aromatic N) is 3. The van der Waals surface area contributed by atoms with Crippen molar-refractivity contribution in [2.75, 3.05) is 11.1 Å². The fourth-order valence-electron chi connectivity index (χ4n) is 2.75. The zero-order chi connectivity index (χ0) is 23.3. The summed E-state index contributed by atoms with van der Waals surface area (Å²) < 4.78 is 0. The van der Waals surface area contributed by atoms with E-state index in [1.165, 1.54) is 18.3 Å². The smallest absolute Gasteiger partial charge is 0.326 e. The van der Waals surface area contributed by atoms with Gasteiger partial charge in [-0.05, 0) is 30.7 Å². The zero-order valence-electron chi connectivity index (χ0n) is 17.3. The molecule has 0 saturated carbocycles. The van der Waals surface area contributed by atoms with Gasteiger partial charge in [0.25, 0.3) is 11.5 Å². The Bertz CT molecular complexity index is 1230. The van der Waals surface area contributed by atoms with Gasteiger partial charge >= 0.3 is 11.9 Å². The number of rotatable bonds is 9. The Balaban J connectivity index is 0.00000289. The molecule has 3 rings (SSSR count). The maximum absolute atomic E-state index is 12.3. The molecule has 1 aromatic carbocycles. The molecule has 1 amide bonds. The van der Waals surface area contributed by atoms with Crippen LogP contribution in [0.1, 0.15) is 28.9 Å². The molecule has 0 saturated heterocycles. The Hall–Kier alpha value is -3.85. The van der Waals surface area contributed by atoms with Gasteiger partial charge in [-0.1, -0.05) is 0 Å². The van der Waals surface area contributed by atoms with Crippen molar-refractivity contribution in [3.8, 4) is 0 Å². The maximum Gasteiger partial charge on any atom is 0.326 e. The molecule has 1 radical (unpaired) electrons. The van der Waals surface area contributed by atoms with Crippen molar-refractivity contribution < 1.29 is 52.5 Å². The van der Waals surface area contributed by atoms with Crippen LogP contribution in [0.15, 0.2) is 35.3 Å². The van der Waals surface area contributed by atoms with E-state index in [1.807, 2.05) is 0 Å². The molecule has 0 bridgehead atoms. The summed E-state index contributed by atoms with van der Waals surface area (Å²) in [6.45, 7) is 0.231. The fraction of sp³-hybridized carbons (Fsp3) is 0.211. The Morgan fingerprint density at radius 1 is 1.12 bits per heavy atom. The minimum absolute atomic E-state index is 0. The molecule has 34 heavy (non-hydrogen) atoms. The number of fused-ring (bicyclic) bond motifs is 1. The second kappa shape index (κ2) is 12.4. The molecule has 0 aliphatic rings. The minimum atomic E-state index is -1.31. The maximum atomic E-state index is 12.3. The molecule has 15 heteroatoms. The van der Waals surface area contributed by atoms with Gasteiger partial charge in [0.15, 0.2) is 11.2 Å². The molecular weight excluding hydrogens is 546 g/mol. The summed E-state index contributed by atoms with van der Waals surface area (Å²) in [6.07, 6.45) is 0.840. The quantitative estimate of drug-likeness (QED) is 0.174. The Morgan fingerprint density at radius 3 is 2.41 bits per heavy atom. The summed E-state index contributed by atoms with van der Waals surface area (Å²) in [4.78, 5) is 60.6. The number of amides is 1. The number of carbonyl (C=O) groups is 3. The first-order valence-corrected chi connectivity index (χ1v) is 9.33. The normalized spacial score (nSPS) is 10.9. The van der Waals surface area contributed by atoms with Crippen molar-refractivity contribution >= 4 is 40.6 Å². The van der Waals surface area contributed by atoms with Gasteiger partial charge in [0.1, 0.15) is 6.04 Å². The van der Waals surface area contributed by atoms with Crippen LogP contribution in [0.3, 0.4) is 0 Å². The monoisotopic (exact) mass is 566 g/mol. The molecule has 2 heterocycles. The van der Waals surface area contributed by atoms with Crippen molar-refractivity contribution in [3.63, 3.8) is 0 Å². The minimum Gasteiger partial charge on any atom is -0.481 e. The number of benzene rings is 1. The van der Waals surface area contributed by atoms with Gasteiger partial charge in [-0.15, -0.1) is 0 Å². The third-order valence-corrected chi connectivity index (χ3v) is 4.36. The van der Waals surface area contributed by atoms with Gasteiger partial charge < -0.3 is 32.1 Å². The summed E-state index contributed by atoms with van der Waals surface area (Å²) in [6, 6.07) is 4.86. The second-order valence-electron chi connectivity index (χ2n) is 6.71. The van der Waals surface area contributed by atoms with E-state index in [0.29, 0.717) is 11.4 Å². The van der Waals surface area contributed by atoms with Crippen molar-refractivity contribution in [2.24, 2.45) is 0 Å². The number of hydrogen-bond acceptors (Lipinski definition) is 9. The Morgan fingerprint density at radius 2 is 1.79 bits per heavy atom. The van der Waals surface area contributed by atoms with E-state index in [2.05, 4.69) is 30.6 Å². The first-order valence-electron chi connectivity index (χ1n) is 9.33. The fourth-order valence-corrected chi connectivity index (χ4v) is 2.75. The number of nitrogen functional groups attached to an aromatic ring is 1. The molecular formula is C19H21AgN7O7. The molecule has 0 aliphatic carbocycles. The number of carbonyl (C=O) groups excluding carboxylic acids is 1. The predicted octanol–water partition coefficient (Wildman–Crippen LogP) is -0.872. The second-order valence-corrected chi connectivity index (χ2v) is 6.71. The van der Waals surface area contributed by atoms with Crippen LogP contribution in [0, 0.1) is 0 Å². The number of aromatic amines is 1. The van der Waals surface area contributed by atoms with Gasteiger partial charge in [-0.2, -0.15) is 4.98 Å². The number of H-pyrrole nitrogens is 1. The van der Waals surface area contributed by atoms with Gasteiger partial charge in [0.05, 0.1) is 18.4 Å². The molecule has 0 fully saturated rings. The first kappa shape index (κ1) is 28.2. The number of carboxylic acid groups (broad SMARTS) is 2. The zero-order valence-corrected chi connectivity index (χ0v) is 18.8. The molecule has 3 aromatic rings. The SMILES string of the molecule is Nc1nc2ncc(CNc3ccc(C(=O)N[C@@H](CCC(=O)O)C(=O)O)cc3)nc2c(=O)[nH]1.O.[Ag]. The van der Waals surface area contributed by atoms with E-state index in [1.54, 1.807) is 12.1 Å². The van der Waals surface area contributed by atoms with Crippen molar-refractivity contribution in [1.82, 2.24) is 25.3 Å². The largest absolute Gasteiger partial charge is 0.481 e. The van der Waals surface area contributed by atoms with Crippen LogP contribution < -0.4 is 21.9 Å². The molecule has 0 spiro atoms. The molecule has 0 unspecified atom stereocenters. The van der Waals surface area contributed by atoms with Crippen LogP contribution in [0.2, 0.25) is 0 Å². The molecule has 9 N–H and O–H groups in total. The molecule has 1 atom stereocenters. The average molecular weight is 567 g/mol. The number of aliphatic carboxylic acids is 2. The van der Waals surface area contributed by atoms with Crippen LogP contribution in [-0.4, -0.2) is 59.5 Å². The van der Waals surface area contributed by atoms with E-state index < -0.39 is 29.4 Å². The predicted molar refractivity (Wildman–Crippen MR) is 116 cm³/mol. The van der Waals surface area contributed by atoms with Crippen LogP contribution in [0.5, 0.6) is 0 Å². The molecule has 185 valence electrons. The van der Waals surface area contributed by atoms with Gasteiger partial charge in [-0.25, -0.2) is 14.8 Å². The summed E-state index contributed by atoms with van der Waals surface area (Å²) >= 11 is 0. The summed E-state index contributed by atoms with van der Waals surface area (Å²) in [5, 5.41) is 23.2. The van der Waals surface area contributed by atoms with Crippen LogP contribution in [0.25, 0.3) is 11.2 Å². The number of nitrogens with one attached hydrogen (secondary N) is 3. The van der Waals surface area contributed by atoms with Gasteiger partial charge in [-0.3, -0.25) is 19.4 Å². The standard InChI is InChI=1S/C19H19N7O6.Ag.H2O/c20-19-25-15-14(17(30)26-19)23-11(8-22-15)7-21-10-3-1-9(2-4-10)16(29)24-12(18(31)32)5-6-13(27)28;;/h1-4,8,12,21H,5-7H2,(H,24,29)(H,27,28)(H,31,32)(H3,20,22,25,26,30);;1H2/t12-;;/m0../s1. The van der Waals surface area contributed by atoms with Crippen LogP contribution in [0.4, 0.5) is 11.6 Å². The van der Waals surface area contributed by atoms with Crippen molar-refractivity contribution in [1.29, 1.82) is 0 Å². The van der Waals surface area contributed by atoms with E-state index >= 15 is 0 Å². The Kier molecular flexibility index (Phi) is 10.3. The number of aromatic nitrogens is 4.